The van der Waals surface area contributed by atoms with E-state index in [1.165, 1.54) is 6.07 Å². The summed E-state index contributed by atoms with van der Waals surface area (Å²) in [7, 11) is 1.86. The van der Waals surface area contributed by atoms with Gasteiger partial charge in [-0.2, -0.15) is 0 Å². The number of nitrogens with zero attached hydrogens (tertiary/aromatic N) is 1. The van der Waals surface area contributed by atoms with Gasteiger partial charge in [0.2, 0.25) is 0 Å². The van der Waals surface area contributed by atoms with Crippen LogP contribution in [-0.2, 0) is 4.74 Å². The summed E-state index contributed by atoms with van der Waals surface area (Å²) in [6, 6.07) is 2.64. The van der Waals surface area contributed by atoms with Gasteiger partial charge in [-0.3, -0.25) is 9.69 Å². The number of ether oxygens (including phenoxy) is 1. The molecule has 1 fully saturated rings. The number of halogens is 2. The quantitative estimate of drug-likeness (QED) is 0.783. The van der Waals surface area contributed by atoms with Gasteiger partial charge in [-0.05, 0) is 44.9 Å². The maximum Gasteiger partial charge on any atom is 0.182 e. The summed E-state index contributed by atoms with van der Waals surface area (Å²) in [6.07, 6.45) is 1.96. The minimum atomic E-state index is -0.800. The van der Waals surface area contributed by atoms with Crippen molar-refractivity contribution < 1.29 is 18.3 Å². The highest BCUT2D eigenvalue weighted by molar-refractivity contribution is 6.00. The summed E-state index contributed by atoms with van der Waals surface area (Å²) in [5, 5.41) is 0. The molecule has 5 heteroatoms. The van der Waals surface area contributed by atoms with Gasteiger partial charge in [-0.15, -0.1) is 0 Å². The first-order valence-corrected chi connectivity index (χ1v) is 7.26. The molecule has 0 N–H and O–H groups in total. The molecule has 0 saturated carbocycles. The molecule has 0 radical (unpaired) electrons. The Labute approximate surface area is 123 Å². The van der Waals surface area contributed by atoms with E-state index in [2.05, 4.69) is 0 Å². The number of ketones is 1. The number of hydrogen-bond acceptors (Lipinski definition) is 3. The SMILES string of the molecule is CC(C(=O)c1ccc(F)cc1F)N(C)CC1CCOCC1. The molecule has 3 nitrogen and oxygen atoms in total. The minimum absolute atomic E-state index is 0.0530. The lowest BCUT2D eigenvalue weighted by molar-refractivity contribution is 0.0496. The highest BCUT2D eigenvalue weighted by Gasteiger charge is 2.25. The molecule has 1 saturated heterocycles. The van der Waals surface area contributed by atoms with Crippen molar-refractivity contribution in [1.82, 2.24) is 4.90 Å². The highest BCUT2D eigenvalue weighted by atomic mass is 19.1. The Bertz CT molecular complexity index is 501. The number of likely N-dealkylation sites (N-methyl/N-ethyl adjacent to an activating group) is 1. The molecule has 0 bridgehead atoms. The predicted molar refractivity (Wildman–Crippen MR) is 76.3 cm³/mol. The van der Waals surface area contributed by atoms with Gasteiger partial charge in [-0.25, -0.2) is 8.78 Å². The third kappa shape index (κ3) is 4.08. The molecule has 1 aromatic carbocycles. The zero-order valence-corrected chi connectivity index (χ0v) is 12.4. The minimum Gasteiger partial charge on any atom is -0.381 e. The second-order valence-corrected chi connectivity index (χ2v) is 5.66. The van der Waals surface area contributed by atoms with E-state index in [1.807, 2.05) is 11.9 Å². The van der Waals surface area contributed by atoms with Crippen LogP contribution in [0.15, 0.2) is 18.2 Å². The number of carbonyl (C=O) groups excluding carboxylic acids is 1. The molecule has 1 aliphatic heterocycles. The van der Waals surface area contributed by atoms with Crippen LogP contribution in [0, 0.1) is 17.6 Å². The Morgan fingerprint density at radius 2 is 2.05 bits per heavy atom. The van der Waals surface area contributed by atoms with Gasteiger partial charge in [0, 0.05) is 25.8 Å². The fourth-order valence-electron chi connectivity index (χ4n) is 2.61. The first-order valence-electron chi connectivity index (χ1n) is 7.26. The lowest BCUT2D eigenvalue weighted by Gasteiger charge is -2.30. The zero-order valence-electron chi connectivity index (χ0n) is 12.4. The second-order valence-electron chi connectivity index (χ2n) is 5.66. The van der Waals surface area contributed by atoms with Crippen molar-refractivity contribution in [3.8, 4) is 0 Å². The highest BCUT2D eigenvalue weighted by Crippen LogP contribution is 2.19. The van der Waals surface area contributed by atoms with Crippen molar-refractivity contribution in [2.75, 3.05) is 26.8 Å². The largest absolute Gasteiger partial charge is 0.381 e. The summed E-state index contributed by atoms with van der Waals surface area (Å²) in [6.45, 7) is 4.05. The molecule has 1 aromatic rings. The number of benzene rings is 1. The van der Waals surface area contributed by atoms with E-state index in [0.717, 1.165) is 44.7 Å². The van der Waals surface area contributed by atoms with Gasteiger partial charge in [0.15, 0.2) is 5.78 Å². The number of rotatable bonds is 5. The molecule has 1 unspecified atom stereocenters. The molecular weight excluding hydrogens is 276 g/mol. The van der Waals surface area contributed by atoms with Crippen LogP contribution < -0.4 is 0 Å². The molecule has 2 rings (SSSR count). The number of carbonyl (C=O) groups is 1. The van der Waals surface area contributed by atoms with Crippen LogP contribution in [0.1, 0.15) is 30.1 Å². The molecule has 116 valence electrons. The van der Waals surface area contributed by atoms with Crippen LogP contribution in [0.5, 0.6) is 0 Å². The predicted octanol–water partition coefficient (Wildman–Crippen LogP) is 2.89. The molecule has 0 spiro atoms. The first-order chi connectivity index (χ1) is 9.99. The van der Waals surface area contributed by atoms with Crippen LogP contribution in [0.25, 0.3) is 0 Å². The molecule has 1 atom stereocenters. The average Bonchev–Trinajstić information content (AvgIpc) is 2.47. The van der Waals surface area contributed by atoms with Crippen LogP contribution in [0.2, 0.25) is 0 Å². The van der Waals surface area contributed by atoms with Gasteiger partial charge in [0.1, 0.15) is 11.6 Å². The fraction of sp³-hybridized carbons (Fsp3) is 0.562. The lowest BCUT2D eigenvalue weighted by atomic mass is 9.97. The van der Waals surface area contributed by atoms with Crippen molar-refractivity contribution >= 4 is 5.78 Å². The Hall–Kier alpha value is -1.33. The van der Waals surface area contributed by atoms with Crippen molar-refractivity contribution in [1.29, 1.82) is 0 Å². The van der Waals surface area contributed by atoms with E-state index in [-0.39, 0.29) is 11.3 Å². The van der Waals surface area contributed by atoms with E-state index in [1.54, 1.807) is 6.92 Å². The summed E-state index contributed by atoms with van der Waals surface area (Å²) < 4.78 is 31.9. The first kappa shape index (κ1) is 16.0. The van der Waals surface area contributed by atoms with Crippen molar-refractivity contribution in [3.05, 3.63) is 35.4 Å². The van der Waals surface area contributed by atoms with E-state index < -0.39 is 17.7 Å². The average molecular weight is 297 g/mol. The molecule has 1 aliphatic rings. The van der Waals surface area contributed by atoms with Gasteiger partial charge < -0.3 is 4.74 Å². The van der Waals surface area contributed by atoms with Crippen LogP contribution in [0.3, 0.4) is 0 Å². The smallest absolute Gasteiger partial charge is 0.182 e. The maximum absolute atomic E-state index is 13.7. The standard InChI is InChI=1S/C16H21F2NO2/c1-11(19(2)10-12-5-7-21-8-6-12)16(20)14-4-3-13(17)9-15(14)18/h3-4,9,11-12H,5-8,10H2,1-2H3. The van der Waals surface area contributed by atoms with Gasteiger partial charge in [0.25, 0.3) is 0 Å². The van der Waals surface area contributed by atoms with E-state index in [9.17, 15) is 13.6 Å². The van der Waals surface area contributed by atoms with Crippen molar-refractivity contribution in [2.45, 2.75) is 25.8 Å². The normalized spacial score (nSPS) is 18.0. The lowest BCUT2D eigenvalue weighted by Crippen LogP contribution is -2.40. The van der Waals surface area contributed by atoms with Gasteiger partial charge in [-0.1, -0.05) is 0 Å². The van der Waals surface area contributed by atoms with Crippen LogP contribution in [-0.4, -0.2) is 43.5 Å². The van der Waals surface area contributed by atoms with E-state index in [4.69, 9.17) is 4.74 Å². The van der Waals surface area contributed by atoms with Crippen LogP contribution >= 0.6 is 0 Å². The Kier molecular flexibility index (Phi) is 5.42. The summed E-state index contributed by atoms with van der Waals surface area (Å²) in [5.41, 5.74) is -0.0530. The van der Waals surface area contributed by atoms with Gasteiger partial charge in [0.05, 0.1) is 11.6 Å². The molecule has 0 amide bonds. The Morgan fingerprint density at radius 3 is 2.67 bits per heavy atom. The maximum atomic E-state index is 13.7. The second kappa shape index (κ2) is 7.09. The molecule has 1 heterocycles. The Morgan fingerprint density at radius 1 is 1.38 bits per heavy atom. The third-order valence-electron chi connectivity index (χ3n) is 4.12. The summed E-state index contributed by atoms with van der Waals surface area (Å²) >= 11 is 0. The molecule has 21 heavy (non-hydrogen) atoms. The summed E-state index contributed by atoms with van der Waals surface area (Å²) in [4.78, 5) is 14.3. The molecular formula is C16H21F2NO2. The van der Waals surface area contributed by atoms with Crippen molar-refractivity contribution in [2.24, 2.45) is 5.92 Å². The number of hydrogen-bond donors (Lipinski definition) is 0. The number of Topliss-reactive ketones (excluding diaryl/α,β-unsaturated/α-hetero) is 1. The zero-order chi connectivity index (χ0) is 15.4. The molecule has 0 aromatic heterocycles. The fourth-order valence-corrected chi connectivity index (χ4v) is 2.61. The van der Waals surface area contributed by atoms with Crippen LogP contribution in [0.4, 0.5) is 8.78 Å². The van der Waals surface area contributed by atoms with Crippen molar-refractivity contribution in [3.63, 3.8) is 0 Å². The topological polar surface area (TPSA) is 29.5 Å². The van der Waals surface area contributed by atoms with E-state index >= 15 is 0 Å². The third-order valence-corrected chi connectivity index (χ3v) is 4.12. The Balaban J connectivity index is 2.00. The molecule has 0 aliphatic carbocycles. The summed E-state index contributed by atoms with van der Waals surface area (Å²) in [5.74, 6) is -1.29. The van der Waals surface area contributed by atoms with Gasteiger partial charge >= 0.3 is 0 Å². The van der Waals surface area contributed by atoms with E-state index in [0.29, 0.717) is 5.92 Å². The monoisotopic (exact) mass is 297 g/mol.